The molecule has 0 amide bonds. The van der Waals surface area contributed by atoms with Gasteiger partial charge in [0.2, 0.25) is 0 Å². The molecule has 3 rings (SSSR count). The molecular formula is C28H33NO3S. The van der Waals surface area contributed by atoms with Crippen molar-refractivity contribution in [3.63, 3.8) is 0 Å². The molecule has 0 spiro atoms. The summed E-state index contributed by atoms with van der Waals surface area (Å²) < 4.78 is 5.93. The Morgan fingerprint density at radius 3 is 2.45 bits per heavy atom. The number of aliphatic carboxylic acids is 1. The van der Waals surface area contributed by atoms with Gasteiger partial charge >= 0.3 is 5.97 Å². The van der Waals surface area contributed by atoms with E-state index in [1.54, 1.807) is 11.8 Å². The summed E-state index contributed by atoms with van der Waals surface area (Å²) in [6, 6.07) is 26.8. The minimum atomic E-state index is -0.833. The lowest BCUT2D eigenvalue weighted by molar-refractivity contribution is -0.136. The third-order valence-corrected chi connectivity index (χ3v) is 6.35. The molecule has 174 valence electrons. The van der Waals surface area contributed by atoms with Gasteiger partial charge in [-0.05, 0) is 59.6 Å². The molecule has 0 aliphatic rings. The van der Waals surface area contributed by atoms with E-state index < -0.39 is 5.97 Å². The number of nitrogens with zero attached hydrogens (tertiary/aromatic N) is 1. The van der Waals surface area contributed by atoms with Gasteiger partial charge in [0.05, 0.1) is 13.0 Å². The average Bonchev–Trinajstić information content (AvgIpc) is 2.82. The Labute approximate surface area is 201 Å². The van der Waals surface area contributed by atoms with Gasteiger partial charge in [-0.15, -0.1) is 11.8 Å². The zero-order chi connectivity index (χ0) is 23.5. The third-order valence-electron chi connectivity index (χ3n) is 5.61. The number of carboxylic acids is 1. The fourth-order valence-electron chi connectivity index (χ4n) is 3.90. The van der Waals surface area contributed by atoms with Gasteiger partial charge in [0, 0.05) is 24.5 Å². The van der Waals surface area contributed by atoms with Crippen molar-refractivity contribution in [2.75, 3.05) is 26.0 Å². The van der Waals surface area contributed by atoms with Crippen LogP contribution in [-0.2, 0) is 17.8 Å². The first-order chi connectivity index (χ1) is 16.0. The standard InChI is InChI=1S/C28H33NO3S/c1-22(25-9-4-3-5-10-25)20-29(21-23-12-14-27(33-2)15-13-23)16-7-17-32-26-11-6-8-24(18-26)19-28(30)31/h3-6,8-15,18,22H,7,16-17,19-21H2,1-2H3,(H,30,31)/t22-/m0/s1. The average molecular weight is 464 g/mol. The molecule has 0 aliphatic carbocycles. The number of carboxylic acid groups (broad SMARTS) is 1. The van der Waals surface area contributed by atoms with E-state index in [9.17, 15) is 4.79 Å². The number of hydrogen-bond donors (Lipinski definition) is 1. The van der Waals surface area contributed by atoms with Gasteiger partial charge in [0.15, 0.2) is 0 Å². The van der Waals surface area contributed by atoms with Gasteiger partial charge in [0.1, 0.15) is 5.75 Å². The second-order valence-corrected chi connectivity index (χ2v) is 9.19. The molecule has 3 aromatic carbocycles. The van der Waals surface area contributed by atoms with Crippen molar-refractivity contribution in [2.24, 2.45) is 0 Å². The molecule has 0 aliphatic heterocycles. The van der Waals surface area contributed by atoms with E-state index in [4.69, 9.17) is 9.84 Å². The molecule has 0 aromatic heterocycles. The highest BCUT2D eigenvalue weighted by molar-refractivity contribution is 7.98. The Balaban J connectivity index is 1.58. The molecule has 0 bridgehead atoms. The van der Waals surface area contributed by atoms with Crippen LogP contribution in [0.25, 0.3) is 0 Å². The molecule has 3 aromatic rings. The minimum Gasteiger partial charge on any atom is -0.494 e. The minimum absolute atomic E-state index is 0.0116. The Morgan fingerprint density at radius 1 is 1.00 bits per heavy atom. The molecule has 0 unspecified atom stereocenters. The fourth-order valence-corrected chi connectivity index (χ4v) is 4.30. The maximum atomic E-state index is 10.9. The van der Waals surface area contributed by atoms with Crippen molar-refractivity contribution in [1.29, 1.82) is 0 Å². The van der Waals surface area contributed by atoms with Crippen LogP contribution in [0.15, 0.2) is 83.8 Å². The van der Waals surface area contributed by atoms with Crippen molar-refractivity contribution in [2.45, 2.75) is 37.1 Å². The van der Waals surface area contributed by atoms with Gasteiger partial charge in [-0.1, -0.05) is 61.5 Å². The van der Waals surface area contributed by atoms with Crippen LogP contribution in [0.1, 0.15) is 36.0 Å². The van der Waals surface area contributed by atoms with Crippen molar-refractivity contribution >= 4 is 17.7 Å². The Hall–Kier alpha value is -2.76. The highest BCUT2D eigenvalue weighted by atomic mass is 32.2. The molecule has 0 saturated carbocycles. The van der Waals surface area contributed by atoms with E-state index in [1.807, 2.05) is 24.3 Å². The quantitative estimate of drug-likeness (QED) is 0.245. The lowest BCUT2D eigenvalue weighted by atomic mass is 10.0. The second-order valence-electron chi connectivity index (χ2n) is 8.31. The van der Waals surface area contributed by atoms with Crippen molar-refractivity contribution < 1.29 is 14.6 Å². The van der Waals surface area contributed by atoms with Gasteiger partial charge < -0.3 is 9.84 Å². The predicted molar refractivity (Wildman–Crippen MR) is 136 cm³/mol. The zero-order valence-corrected chi connectivity index (χ0v) is 20.3. The van der Waals surface area contributed by atoms with E-state index in [0.29, 0.717) is 12.5 Å². The molecule has 0 heterocycles. The summed E-state index contributed by atoms with van der Waals surface area (Å²) in [6.45, 7) is 5.68. The highest BCUT2D eigenvalue weighted by Crippen LogP contribution is 2.20. The van der Waals surface area contributed by atoms with E-state index in [-0.39, 0.29) is 6.42 Å². The molecular weight excluding hydrogens is 430 g/mol. The summed E-state index contributed by atoms with van der Waals surface area (Å²) in [6.07, 6.45) is 3.01. The number of ether oxygens (including phenoxy) is 1. The second kappa shape index (κ2) is 13.1. The summed E-state index contributed by atoms with van der Waals surface area (Å²) in [7, 11) is 0. The van der Waals surface area contributed by atoms with Crippen LogP contribution in [0.3, 0.4) is 0 Å². The molecule has 0 fully saturated rings. The Bertz CT molecular complexity index is 992. The normalized spacial score (nSPS) is 12.0. The van der Waals surface area contributed by atoms with Crippen LogP contribution in [0.2, 0.25) is 0 Å². The van der Waals surface area contributed by atoms with Gasteiger partial charge in [-0.2, -0.15) is 0 Å². The molecule has 0 saturated heterocycles. The highest BCUT2D eigenvalue weighted by Gasteiger charge is 2.13. The Kier molecular flexibility index (Phi) is 9.85. The molecule has 1 N–H and O–H groups in total. The lowest BCUT2D eigenvalue weighted by Gasteiger charge is -2.26. The first kappa shape index (κ1) is 24.9. The Morgan fingerprint density at radius 2 is 1.76 bits per heavy atom. The van der Waals surface area contributed by atoms with Crippen molar-refractivity contribution in [1.82, 2.24) is 4.90 Å². The van der Waals surface area contributed by atoms with Crippen LogP contribution in [0.4, 0.5) is 0 Å². The van der Waals surface area contributed by atoms with Gasteiger partial charge in [-0.3, -0.25) is 9.69 Å². The summed E-state index contributed by atoms with van der Waals surface area (Å²) >= 11 is 1.76. The van der Waals surface area contributed by atoms with E-state index in [2.05, 4.69) is 72.7 Å². The van der Waals surface area contributed by atoms with Gasteiger partial charge in [0.25, 0.3) is 0 Å². The summed E-state index contributed by atoms with van der Waals surface area (Å²) in [5.41, 5.74) is 3.43. The summed E-state index contributed by atoms with van der Waals surface area (Å²) in [4.78, 5) is 14.7. The lowest BCUT2D eigenvalue weighted by Crippen LogP contribution is -2.29. The summed E-state index contributed by atoms with van der Waals surface area (Å²) in [5, 5.41) is 8.99. The topological polar surface area (TPSA) is 49.8 Å². The zero-order valence-electron chi connectivity index (χ0n) is 19.4. The molecule has 33 heavy (non-hydrogen) atoms. The largest absolute Gasteiger partial charge is 0.494 e. The van der Waals surface area contributed by atoms with Crippen LogP contribution >= 0.6 is 11.8 Å². The SMILES string of the molecule is CSc1ccc(CN(CCCOc2cccc(CC(=O)O)c2)C[C@H](C)c2ccccc2)cc1. The smallest absolute Gasteiger partial charge is 0.307 e. The predicted octanol–water partition coefficient (Wildman–Crippen LogP) is 6.11. The van der Waals surface area contributed by atoms with E-state index >= 15 is 0 Å². The number of benzene rings is 3. The number of hydrogen-bond acceptors (Lipinski definition) is 4. The van der Waals surface area contributed by atoms with Crippen LogP contribution < -0.4 is 4.74 Å². The van der Waals surface area contributed by atoms with Crippen LogP contribution in [-0.4, -0.2) is 41.9 Å². The third kappa shape index (κ3) is 8.60. The summed E-state index contributed by atoms with van der Waals surface area (Å²) in [5.74, 6) is 0.330. The first-order valence-electron chi connectivity index (χ1n) is 11.4. The van der Waals surface area contributed by atoms with Gasteiger partial charge in [-0.25, -0.2) is 0 Å². The molecule has 4 nitrogen and oxygen atoms in total. The van der Waals surface area contributed by atoms with Crippen molar-refractivity contribution in [3.05, 3.63) is 95.6 Å². The maximum absolute atomic E-state index is 10.9. The van der Waals surface area contributed by atoms with E-state index in [0.717, 1.165) is 37.4 Å². The number of rotatable bonds is 13. The first-order valence-corrected chi connectivity index (χ1v) is 12.6. The van der Waals surface area contributed by atoms with Crippen LogP contribution in [0.5, 0.6) is 5.75 Å². The van der Waals surface area contributed by atoms with Crippen LogP contribution in [0, 0.1) is 0 Å². The fraction of sp³-hybridized carbons (Fsp3) is 0.321. The van der Waals surface area contributed by atoms with Crippen molar-refractivity contribution in [3.8, 4) is 5.75 Å². The number of thioether (sulfide) groups is 1. The van der Waals surface area contributed by atoms with E-state index in [1.165, 1.54) is 16.0 Å². The molecule has 5 heteroatoms. The molecule has 0 radical (unpaired) electrons. The monoisotopic (exact) mass is 463 g/mol. The number of carbonyl (C=O) groups is 1. The maximum Gasteiger partial charge on any atom is 0.307 e. The molecule has 1 atom stereocenters.